The van der Waals surface area contributed by atoms with Gasteiger partial charge in [0.15, 0.2) is 8.32 Å². The van der Waals surface area contributed by atoms with Crippen molar-refractivity contribution in [3.8, 4) is 0 Å². The standard InChI is InChI=1S/C15H25NO4SSi/c1-7-19-15(20-22(4,5)6)13(3)16(15)21(17,18)14-10-8-12(2)9-11-14/h8-11,13H,7H2,1-6H3. The minimum atomic E-state index is -3.63. The Kier molecular flexibility index (Phi) is 4.58. The van der Waals surface area contributed by atoms with Gasteiger partial charge in [-0.2, -0.15) is 0 Å². The quantitative estimate of drug-likeness (QED) is 0.453. The molecular weight excluding hydrogens is 318 g/mol. The zero-order chi connectivity index (χ0) is 16.8. The van der Waals surface area contributed by atoms with Crippen molar-refractivity contribution in [1.29, 1.82) is 0 Å². The van der Waals surface area contributed by atoms with Crippen molar-refractivity contribution in [1.82, 2.24) is 4.31 Å². The number of aryl methyl sites for hydroxylation is 1. The molecule has 1 saturated heterocycles. The highest BCUT2D eigenvalue weighted by atomic mass is 32.2. The highest BCUT2D eigenvalue weighted by molar-refractivity contribution is 7.89. The Bertz CT molecular complexity index is 639. The van der Waals surface area contributed by atoms with Crippen LogP contribution in [0.3, 0.4) is 0 Å². The van der Waals surface area contributed by atoms with Crippen LogP contribution in [0, 0.1) is 6.92 Å². The molecule has 0 radical (unpaired) electrons. The summed E-state index contributed by atoms with van der Waals surface area (Å²) in [6.45, 7) is 12.1. The fourth-order valence-corrected chi connectivity index (χ4v) is 5.60. The molecule has 3 unspecified atom stereocenters. The molecule has 1 aliphatic rings. The Hall–Kier alpha value is -0.733. The zero-order valence-electron chi connectivity index (χ0n) is 14.1. The van der Waals surface area contributed by atoms with Crippen molar-refractivity contribution in [3.63, 3.8) is 0 Å². The van der Waals surface area contributed by atoms with E-state index in [2.05, 4.69) is 0 Å². The van der Waals surface area contributed by atoms with Gasteiger partial charge in [0.25, 0.3) is 5.91 Å². The first kappa shape index (κ1) is 17.6. The fraction of sp³-hybridized carbons (Fsp3) is 0.600. The Morgan fingerprint density at radius 2 is 1.77 bits per heavy atom. The van der Waals surface area contributed by atoms with Crippen LogP contribution < -0.4 is 0 Å². The Morgan fingerprint density at radius 1 is 1.23 bits per heavy atom. The van der Waals surface area contributed by atoms with E-state index in [9.17, 15) is 8.42 Å². The molecule has 0 amide bonds. The minimum absolute atomic E-state index is 0.269. The van der Waals surface area contributed by atoms with Gasteiger partial charge >= 0.3 is 0 Å². The summed E-state index contributed by atoms with van der Waals surface area (Å²) in [7, 11) is -5.60. The van der Waals surface area contributed by atoms with E-state index in [0.717, 1.165) is 5.56 Å². The predicted octanol–water partition coefficient (Wildman–Crippen LogP) is 2.93. The average molecular weight is 344 g/mol. The normalized spacial score (nSPS) is 28.6. The highest BCUT2D eigenvalue weighted by Gasteiger charge is 2.70. The zero-order valence-corrected chi connectivity index (χ0v) is 15.9. The molecule has 0 spiro atoms. The van der Waals surface area contributed by atoms with Gasteiger partial charge in [-0.1, -0.05) is 17.7 Å². The van der Waals surface area contributed by atoms with Gasteiger partial charge in [-0.3, -0.25) is 0 Å². The lowest BCUT2D eigenvalue weighted by Crippen LogP contribution is -2.40. The summed E-state index contributed by atoms with van der Waals surface area (Å²) in [6, 6.07) is 6.51. The van der Waals surface area contributed by atoms with Gasteiger partial charge in [0.1, 0.15) is 0 Å². The Labute approximate surface area is 134 Å². The first-order valence-corrected chi connectivity index (χ1v) is 12.3. The molecule has 3 atom stereocenters. The van der Waals surface area contributed by atoms with Crippen LogP contribution in [0.1, 0.15) is 19.4 Å². The van der Waals surface area contributed by atoms with Crippen LogP contribution in [0.25, 0.3) is 0 Å². The maximum atomic E-state index is 12.9. The van der Waals surface area contributed by atoms with Crippen molar-refractivity contribution >= 4 is 18.3 Å². The molecule has 0 N–H and O–H groups in total. The van der Waals surface area contributed by atoms with Gasteiger partial charge in [-0.05, 0) is 52.5 Å². The average Bonchev–Trinajstić information content (AvgIpc) is 2.92. The Balaban J connectivity index is 2.37. The molecule has 0 bridgehead atoms. The lowest BCUT2D eigenvalue weighted by molar-refractivity contribution is -0.132. The molecule has 1 aromatic rings. The van der Waals surface area contributed by atoms with E-state index >= 15 is 0 Å². The predicted molar refractivity (Wildman–Crippen MR) is 88.5 cm³/mol. The summed E-state index contributed by atoms with van der Waals surface area (Å²) >= 11 is 0. The molecule has 5 nitrogen and oxygen atoms in total. The monoisotopic (exact) mass is 343 g/mol. The molecule has 1 heterocycles. The summed E-state index contributed by atoms with van der Waals surface area (Å²) in [5.41, 5.74) is 1.02. The lowest BCUT2D eigenvalue weighted by Gasteiger charge is -2.26. The number of benzene rings is 1. The molecule has 22 heavy (non-hydrogen) atoms. The molecule has 0 saturated carbocycles. The van der Waals surface area contributed by atoms with Crippen molar-refractivity contribution in [2.24, 2.45) is 0 Å². The van der Waals surface area contributed by atoms with Gasteiger partial charge in [0.05, 0.1) is 10.9 Å². The molecule has 2 rings (SSSR count). The van der Waals surface area contributed by atoms with Crippen LogP contribution in [0.15, 0.2) is 29.2 Å². The van der Waals surface area contributed by atoms with Crippen LogP contribution in [0.2, 0.25) is 19.6 Å². The Morgan fingerprint density at radius 3 is 2.23 bits per heavy atom. The van der Waals surface area contributed by atoms with Gasteiger partial charge in [0, 0.05) is 6.61 Å². The number of hydrogen-bond acceptors (Lipinski definition) is 4. The van der Waals surface area contributed by atoms with E-state index in [0.29, 0.717) is 6.61 Å². The summed E-state index contributed by atoms with van der Waals surface area (Å²) in [4.78, 5) is 0.269. The molecule has 0 aliphatic carbocycles. The maximum Gasteiger partial charge on any atom is 0.251 e. The topological polar surface area (TPSA) is 55.6 Å². The van der Waals surface area contributed by atoms with E-state index in [4.69, 9.17) is 9.16 Å². The summed E-state index contributed by atoms with van der Waals surface area (Å²) in [6.07, 6.45) is 0. The van der Waals surface area contributed by atoms with E-state index in [1.165, 1.54) is 4.31 Å². The molecule has 1 aliphatic heterocycles. The number of sulfonamides is 1. The number of ether oxygens (including phenoxy) is 1. The minimum Gasteiger partial charge on any atom is -0.377 e. The van der Waals surface area contributed by atoms with Crippen LogP contribution in [-0.4, -0.2) is 39.6 Å². The molecular formula is C15H25NO4SSi. The molecule has 1 aromatic carbocycles. The summed E-state index contributed by atoms with van der Waals surface area (Å²) in [5, 5.41) is 0. The van der Waals surface area contributed by atoms with Crippen LogP contribution in [0.5, 0.6) is 0 Å². The van der Waals surface area contributed by atoms with E-state index in [1.807, 2.05) is 40.4 Å². The summed E-state index contributed by atoms with van der Waals surface area (Å²) < 4.78 is 38.9. The van der Waals surface area contributed by atoms with Crippen molar-refractivity contribution < 1.29 is 17.6 Å². The first-order chi connectivity index (χ1) is 10.0. The highest BCUT2D eigenvalue weighted by Crippen LogP contribution is 2.49. The largest absolute Gasteiger partial charge is 0.377 e. The third-order valence-electron chi connectivity index (χ3n) is 3.50. The molecule has 1 fully saturated rings. The second-order valence-corrected chi connectivity index (χ2v) is 12.8. The summed E-state index contributed by atoms with van der Waals surface area (Å²) in [5.74, 6) is -1.15. The second-order valence-electron chi connectivity index (χ2n) is 6.57. The van der Waals surface area contributed by atoms with E-state index in [1.54, 1.807) is 24.3 Å². The molecule has 7 heteroatoms. The van der Waals surface area contributed by atoms with Gasteiger partial charge in [-0.15, -0.1) is 4.31 Å². The smallest absolute Gasteiger partial charge is 0.251 e. The van der Waals surface area contributed by atoms with Gasteiger partial charge in [0.2, 0.25) is 10.0 Å². The number of rotatable bonds is 6. The number of hydrogen-bond donors (Lipinski definition) is 0. The maximum absolute atomic E-state index is 12.9. The van der Waals surface area contributed by atoms with Crippen molar-refractivity contribution in [2.75, 3.05) is 6.61 Å². The third kappa shape index (κ3) is 3.14. The van der Waals surface area contributed by atoms with Crippen molar-refractivity contribution in [3.05, 3.63) is 29.8 Å². The van der Waals surface area contributed by atoms with Gasteiger partial charge < -0.3 is 9.16 Å². The van der Waals surface area contributed by atoms with Crippen LogP contribution in [-0.2, 0) is 19.2 Å². The number of nitrogens with zero attached hydrogens (tertiary/aromatic N) is 1. The SMILES string of the molecule is CCOC1(O[Si](C)(C)C)C(C)N1S(=O)(=O)c1ccc(C)cc1. The van der Waals surface area contributed by atoms with Crippen LogP contribution >= 0.6 is 0 Å². The van der Waals surface area contributed by atoms with Gasteiger partial charge in [-0.25, -0.2) is 8.42 Å². The van der Waals surface area contributed by atoms with E-state index in [-0.39, 0.29) is 10.9 Å². The fourth-order valence-electron chi connectivity index (χ4n) is 2.54. The van der Waals surface area contributed by atoms with E-state index < -0.39 is 24.3 Å². The molecule has 0 aromatic heterocycles. The van der Waals surface area contributed by atoms with Crippen LogP contribution in [0.4, 0.5) is 0 Å². The lowest BCUT2D eigenvalue weighted by atomic mass is 10.2. The van der Waals surface area contributed by atoms with Crippen molar-refractivity contribution in [2.45, 2.75) is 57.3 Å². The first-order valence-electron chi connectivity index (χ1n) is 7.50. The third-order valence-corrected chi connectivity index (χ3v) is 6.36. The second kappa shape index (κ2) is 5.72. The molecule has 124 valence electrons.